The molecule has 0 heterocycles. The van der Waals surface area contributed by atoms with E-state index in [2.05, 4.69) is 24.4 Å². The Morgan fingerprint density at radius 1 is 0.600 bits per heavy atom. The fourth-order valence-corrected chi connectivity index (χ4v) is 5.15. The summed E-state index contributed by atoms with van der Waals surface area (Å²) in [5, 5.41) is 42.3. The zero-order valence-electron chi connectivity index (χ0n) is 26.3. The third-order valence-electron chi connectivity index (χ3n) is 7.98. The lowest BCUT2D eigenvalue weighted by atomic mass is 10.0. The maximum absolute atomic E-state index is 12.2. The molecule has 0 aliphatic rings. The van der Waals surface area contributed by atoms with Crippen molar-refractivity contribution in [2.45, 2.75) is 192 Å². The Morgan fingerprint density at radius 2 is 1.02 bits per heavy atom. The fourth-order valence-electron chi connectivity index (χ4n) is 5.15. The molecular weight excluding hydrogens is 502 g/mol. The smallest absolute Gasteiger partial charge is 0.249 e. The third-order valence-corrected chi connectivity index (χ3v) is 7.98. The number of amides is 1. The first kappa shape index (κ1) is 39.0. The Hall–Kier alpha value is -0.950. The quantitative estimate of drug-likeness (QED) is 0.0454. The van der Waals surface area contributed by atoms with Crippen LogP contribution in [0.4, 0.5) is 0 Å². The van der Waals surface area contributed by atoms with Gasteiger partial charge in [-0.3, -0.25) is 4.79 Å². The molecule has 0 radical (unpaired) electrons. The van der Waals surface area contributed by atoms with Crippen LogP contribution in [0.15, 0.2) is 12.2 Å². The predicted octanol–water partition coefficient (Wildman–Crippen LogP) is 7.50. The molecule has 1 amide bonds. The van der Waals surface area contributed by atoms with E-state index < -0.39 is 36.9 Å². The lowest BCUT2D eigenvalue weighted by Crippen LogP contribution is -2.53. The summed E-state index contributed by atoms with van der Waals surface area (Å²) in [7, 11) is 0. The van der Waals surface area contributed by atoms with Gasteiger partial charge in [-0.15, -0.1) is 0 Å². The lowest BCUT2D eigenvalue weighted by molar-refractivity contribution is -0.132. The Bertz CT molecular complexity index is 571. The van der Waals surface area contributed by atoms with Crippen molar-refractivity contribution in [3.8, 4) is 0 Å². The van der Waals surface area contributed by atoms with Crippen LogP contribution in [0.3, 0.4) is 0 Å². The minimum absolute atomic E-state index is 0.361. The highest BCUT2D eigenvalue weighted by atomic mass is 16.3. The van der Waals surface area contributed by atoms with Crippen molar-refractivity contribution in [1.82, 2.24) is 5.32 Å². The summed E-state index contributed by atoms with van der Waals surface area (Å²) < 4.78 is 0. The molecule has 0 fully saturated rings. The average Bonchev–Trinajstić information content (AvgIpc) is 2.96. The van der Waals surface area contributed by atoms with Crippen LogP contribution in [0.5, 0.6) is 0 Å². The Balaban J connectivity index is 3.58. The molecule has 4 unspecified atom stereocenters. The van der Waals surface area contributed by atoms with Crippen LogP contribution in [-0.2, 0) is 4.79 Å². The zero-order valence-corrected chi connectivity index (χ0v) is 26.3. The van der Waals surface area contributed by atoms with E-state index >= 15 is 0 Å². The molecule has 0 aromatic rings. The van der Waals surface area contributed by atoms with Crippen LogP contribution >= 0.6 is 0 Å². The van der Waals surface area contributed by atoms with E-state index in [-0.39, 0.29) is 0 Å². The molecule has 0 saturated carbocycles. The van der Waals surface area contributed by atoms with Crippen LogP contribution in [0.2, 0.25) is 0 Å². The van der Waals surface area contributed by atoms with E-state index in [1.54, 1.807) is 0 Å². The number of allylic oxidation sites excluding steroid dienone is 2. The van der Waals surface area contributed by atoms with Gasteiger partial charge in [0.1, 0.15) is 12.2 Å². The molecule has 0 aromatic heterocycles. The van der Waals surface area contributed by atoms with E-state index in [9.17, 15) is 25.2 Å². The van der Waals surface area contributed by atoms with Gasteiger partial charge in [0.2, 0.25) is 5.91 Å². The first-order chi connectivity index (χ1) is 19.5. The molecule has 0 saturated heterocycles. The minimum atomic E-state index is -1.25. The predicted molar refractivity (Wildman–Crippen MR) is 168 cm³/mol. The number of hydrogen-bond acceptors (Lipinski definition) is 5. The molecule has 6 heteroatoms. The van der Waals surface area contributed by atoms with Gasteiger partial charge in [0.15, 0.2) is 0 Å². The summed E-state index contributed by atoms with van der Waals surface area (Å²) in [6, 6.07) is -0.979. The van der Waals surface area contributed by atoms with Crippen molar-refractivity contribution in [2.24, 2.45) is 0 Å². The molecule has 5 N–H and O–H groups in total. The third kappa shape index (κ3) is 23.7. The highest BCUT2D eigenvalue weighted by Crippen LogP contribution is 2.14. The number of aliphatic hydroxyl groups is 4. The van der Waals surface area contributed by atoms with E-state index in [1.165, 1.54) is 103 Å². The molecule has 0 aromatic carbocycles. The molecule has 6 nitrogen and oxygen atoms in total. The van der Waals surface area contributed by atoms with Gasteiger partial charge in [-0.2, -0.15) is 0 Å². The second-order valence-electron chi connectivity index (χ2n) is 11.9. The Kier molecular flexibility index (Phi) is 28.8. The number of rotatable bonds is 30. The van der Waals surface area contributed by atoms with Gasteiger partial charge in [0.25, 0.3) is 0 Å². The van der Waals surface area contributed by atoms with Crippen LogP contribution in [0.1, 0.15) is 168 Å². The molecular formula is C34H67NO5. The molecule has 238 valence electrons. The van der Waals surface area contributed by atoms with Gasteiger partial charge >= 0.3 is 0 Å². The number of carbonyl (C=O) groups is 1. The molecule has 0 spiro atoms. The van der Waals surface area contributed by atoms with Crippen LogP contribution in [0, 0.1) is 0 Å². The summed E-state index contributed by atoms with van der Waals surface area (Å²) in [5.41, 5.74) is 0. The maximum Gasteiger partial charge on any atom is 0.249 e. The summed E-state index contributed by atoms with van der Waals surface area (Å²) in [6.07, 6.45) is 29.3. The lowest BCUT2D eigenvalue weighted by Gasteiger charge is -2.27. The summed E-state index contributed by atoms with van der Waals surface area (Å²) in [4.78, 5) is 12.2. The topological polar surface area (TPSA) is 110 Å². The standard InChI is InChI=1S/C34H67NO5/c1-3-5-7-8-9-10-11-12-13-14-15-16-17-18-19-20-21-22-23-24-25-26-28-32(38)34(40)35-30(29-36)33(39)31(37)27-6-4-2/h18-19,30-33,36-39H,3-17,20-29H2,1-2H3,(H,35,40)/b19-18-. The zero-order chi connectivity index (χ0) is 29.7. The van der Waals surface area contributed by atoms with Crippen molar-refractivity contribution in [3.05, 3.63) is 12.2 Å². The number of hydrogen-bond donors (Lipinski definition) is 5. The summed E-state index contributed by atoms with van der Waals surface area (Å²) in [5.74, 6) is -0.601. The van der Waals surface area contributed by atoms with Crippen molar-refractivity contribution < 1.29 is 25.2 Å². The van der Waals surface area contributed by atoms with Crippen molar-refractivity contribution >= 4 is 5.91 Å². The van der Waals surface area contributed by atoms with Gasteiger partial charge in [-0.1, -0.05) is 142 Å². The number of unbranched alkanes of at least 4 members (excludes halogenated alkanes) is 19. The molecule has 0 aliphatic heterocycles. The Labute approximate surface area is 247 Å². The molecule has 40 heavy (non-hydrogen) atoms. The summed E-state index contributed by atoms with van der Waals surface area (Å²) >= 11 is 0. The largest absolute Gasteiger partial charge is 0.394 e. The average molecular weight is 570 g/mol. The van der Waals surface area contributed by atoms with Gasteiger partial charge < -0.3 is 25.7 Å². The first-order valence-electron chi connectivity index (χ1n) is 17.1. The van der Waals surface area contributed by atoms with Gasteiger partial charge in [0, 0.05) is 0 Å². The highest BCUT2D eigenvalue weighted by molar-refractivity contribution is 5.80. The van der Waals surface area contributed by atoms with Crippen molar-refractivity contribution in [2.75, 3.05) is 6.61 Å². The van der Waals surface area contributed by atoms with E-state index in [0.29, 0.717) is 12.8 Å². The minimum Gasteiger partial charge on any atom is -0.394 e. The number of aliphatic hydroxyl groups excluding tert-OH is 4. The molecule has 0 bridgehead atoms. The molecule has 0 rings (SSSR count). The maximum atomic E-state index is 12.2. The van der Waals surface area contributed by atoms with E-state index in [1.807, 2.05) is 6.92 Å². The van der Waals surface area contributed by atoms with Crippen LogP contribution < -0.4 is 5.32 Å². The van der Waals surface area contributed by atoms with E-state index in [0.717, 1.165) is 38.5 Å². The van der Waals surface area contributed by atoms with E-state index in [4.69, 9.17) is 0 Å². The van der Waals surface area contributed by atoms with Crippen molar-refractivity contribution in [3.63, 3.8) is 0 Å². The fraction of sp³-hybridized carbons (Fsp3) is 0.912. The highest BCUT2D eigenvalue weighted by Gasteiger charge is 2.28. The Morgan fingerprint density at radius 3 is 1.48 bits per heavy atom. The van der Waals surface area contributed by atoms with Crippen molar-refractivity contribution in [1.29, 1.82) is 0 Å². The monoisotopic (exact) mass is 570 g/mol. The summed E-state index contributed by atoms with van der Waals surface area (Å²) in [6.45, 7) is 3.77. The number of carbonyl (C=O) groups excluding carboxylic acids is 1. The molecule has 0 aliphatic carbocycles. The van der Waals surface area contributed by atoms with Gasteiger partial charge in [-0.05, 0) is 38.5 Å². The second-order valence-corrected chi connectivity index (χ2v) is 11.9. The normalized spacial score (nSPS) is 14.8. The van der Waals surface area contributed by atoms with Gasteiger partial charge in [-0.25, -0.2) is 0 Å². The molecule has 4 atom stereocenters. The van der Waals surface area contributed by atoms with Crippen LogP contribution in [-0.4, -0.2) is 57.3 Å². The SMILES string of the molecule is CCCCCCCCCCCCCC/C=C\CCCCCCCCC(O)C(=O)NC(CO)C(O)C(O)CCCC. The number of nitrogens with one attached hydrogen (secondary N) is 1. The van der Waals surface area contributed by atoms with Gasteiger partial charge in [0.05, 0.1) is 18.8 Å². The second kappa shape index (κ2) is 29.5. The first-order valence-corrected chi connectivity index (χ1v) is 17.1. The van der Waals surface area contributed by atoms with Crippen LogP contribution in [0.25, 0.3) is 0 Å².